The van der Waals surface area contributed by atoms with Gasteiger partial charge in [-0.1, -0.05) is 24.4 Å². The molecule has 0 atom stereocenters. The summed E-state index contributed by atoms with van der Waals surface area (Å²) in [5, 5.41) is 0. The molecule has 0 amide bonds. The fourth-order valence-corrected chi connectivity index (χ4v) is 1.98. The Kier molecular flexibility index (Phi) is 4.47. The summed E-state index contributed by atoms with van der Waals surface area (Å²) < 4.78 is 1.09. The first-order chi connectivity index (χ1) is 9.75. The molecule has 0 unspecified atom stereocenters. The lowest BCUT2D eigenvalue weighted by atomic mass is 10.6. The zero-order valence-electron chi connectivity index (χ0n) is 10.4. The van der Waals surface area contributed by atoms with E-state index in [1.54, 1.807) is 12.7 Å². The third kappa shape index (κ3) is 2.99. The Morgan fingerprint density at radius 1 is 0.619 bits per heavy atom. The summed E-state index contributed by atoms with van der Waals surface area (Å²) in [6.07, 6.45) is 6.23. The van der Waals surface area contributed by atoms with E-state index in [2.05, 4.69) is 39.9 Å². The van der Waals surface area contributed by atoms with Gasteiger partial charge in [0.25, 0.3) is 0 Å². The molecule has 0 saturated carbocycles. The van der Waals surface area contributed by atoms with Crippen LogP contribution in [0.25, 0.3) is 22.3 Å². The first kappa shape index (κ1) is 14.9. The van der Waals surface area contributed by atoms with Gasteiger partial charge < -0.3 is 25.4 Å². The van der Waals surface area contributed by atoms with Crippen LogP contribution in [0.5, 0.6) is 0 Å². The molecule has 4 aromatic rings. The number of H-pyrrole nitrogens is 4. The highest BCUT2D eigenvalue weighted by Crippen LogP contribution is 2.03. The first-order valence-corrected chi connectivity index (χ1v) is 6.31. The van der Waals surface area contributed by atoms with E-state index in [0.29, 0.717) is 9.28 Å². The minimum absolute atomic E-state index is 0. The van der Waals surface area contributed by atoms with Gasteiger partial charge >= 0.3 is 0 Å². The molecule has 11 heteroatoms. The van der Waals surface area contributed by atoms with Gasteiger partial charge in [-0.2, -0.15) is 0 Å². The SMILES string of the molecule is O.S=c1nc[nH]c2nc[nH]c12.S=c1nc[nH]c2nc[nH]c12. The average molecular weight is 322 g/mol. The van der Waals surface area contributed by atoms with Crippen molar-refractivity contribution in [3.63, 3.8) is 0 Å². The van der Waals surface area contributed by atoms with Crippen LogP contribution in [0.3, 0.4) is 0 Å². The largest absolute Gasteiger partial charge is 0.412 e. The molecule has 0 aliphatic carbocycles. The van der Waals surface area contributed by atoms with E-state index in [1.807, 2.05) is 0 Å². The van der Waals surface area contributed by atoms with Gasteiger partial charge in [0.1, 0.15) is 11.0 Å². The van der Waals surface area contributed by atoms with Crippen molar-refractivity contribution < 1.29 is 5.48 Å². The molecule has 21 heavy (non-hydrogen) atoms. The number of aromatic amines is 4. The molecule has 0 saturated heterocycles. The van der Waals surface area contributed by atoms with E-state index in [1.165, 1.54) is 12.7 Å². The second kappa shape index (κ2) is 6.30. The maximum Gasteiger partial charge on any atom is 0.159 e. The van der Waals surface area contributed by atoms with E-state index >= 15 is 0 Å². The summed E-state index contributed by atoms with van der Waals surface area (Å²) in [5.41, 5.74) is 3.08. The topological polar surface area (TPSA) is 146 Å². The molecule has 0 aliphatic heterocycles. The maximum absolute atomic E-state index is 4.91. The second-order valence-electron chi connectivity index (χ2n) is 3.67. The molecule has 0 aliphatic rings. The number of imidazole rings is 2. The summed E-state index contributed by atoms with van der Waals surface area (Å²) in [4.78, 5) is 27.1. The zero-order valence-corrected chi connectivity index (χ0v) is 12.0. The Morgan fingerprint density at radius 2 is 1.00 bits per heavy atom. The van der Waals surface area contributed by atoms with Gasteiger partial charge in [-0.15, -0.1) is 0 Å². The quantitative estimate of drug-likeness (QED) is 0.358. The first-order valence-electron chi connectivity index (χ1n) is 5.49. The van der Waals surface area contributed by atoms with E-state index in [9.17, 15) is 0 Å². The number of fused-ring (bicyclic) bond motifs is 2. The Morgan fingerprint density at radius 3 is 1.38 bits per heavy atom. The van der Waals surface area contributed by atoms with E-state index in [0.717, 1.165) is 22.3 Å². The smallest absolute Gasteiger partial charge is 0.159 e. The third-order valence-corrected chi connectivity index (χ3v) is 3.09. The monoisotopic (exact) mass is 322 g/mol. The number of hydrogen-bond donors (Lipinski definition) is 4. The van der Waals surface area contributed by atoms with E-state index < -0.39 is 0 Å². The number of nitrogens with zero attached hydrogens (tertiary/aromatic N) is 4. The summed E-state index contributed by atoms with van der Waals surface area (Å²) in [5.74, 6) is 0. The van der Waals surface area contributed by atoms with Crippen molar-refractivity contribution in [2.24, 2.45) is 0 Å². The van der Waals surface area contributed by atoms with Gasteiger partial charge in [-0.3, -0.25) is 0 Å². The molecule has 9 nitrogen and oxygen atoms in total. The van der Waals surface area contributed by atoms with Gasteiger partial charge in [0.05, 0.1) is 25.3 Å². The van der Waals surface area contributed by atoms with Crippen LogP contribution < -0.4 is 0 Å². The third-order valence-electron chi connectivity index (χ3n) is 2.47. The molecule has 0 radical (unpaired) electrons. The summed E-state index contributed by atoms with van der Waals surface area (Å²) in [6.45, 7) is 0. The number of hydrogen-bond acceptors (Lipinski definition) is 6. The standard InChI is InChI=1S/2C5H4N4S.H2O/c2*10-5-3-4(7-1-6-3)8-2-9-5;/h2*1-2H,(H2,6,7,8,9,10);1H2. The van der Waals surface area contributed by atoms with Gasteiger partial charge in [0, 0.05) is 0 Å². The van der Waals surface area contributed by atoms with Crippen LogP contribution in [0.15, 0.2) is 25.3 Å². The predicted molar refractivity (Wildman–Crippen MR) is 81.8 cm³/mol. The zero-order chi connectivity index (χ0) is 13.9. The highest BCUT2D eigenvalue weighted by Gasteiger charge is 1.95. The van der Waals surface area contributed by atoms with Crippen molar-refractivity contribution in [1.82, 2.24) is 39.9 Å². The van der Waals surface area contributed by atoms with Gasteiger partial charge in [-0.25, -0.2) is 19.9 Å². The van der Waals surface area contributed by atoms with Crippen molar-refractivity contribution >= 4 is 46.8 Å². The lowest BCUT2D eigenvalue weighted by Gasteiger charge is -1.84. The summed E-state index contributed by atoms with van der Waals surface area (Å²) in [7, 11) is 0. The van der Waals surface area contributed by atoms with Crippen LogP contribution in [0.2, 0.25) is 0 Å². The molecular formula is C10H10N8OS2. The van der Waals surface area contributed by atoms with Gasteiger partial charge in [0.2, 0.25) is 0 Å². The fourth-order valence-electron chi connectivity index (χ4n) is 1.57. The Balaban J connectivity index is 0.000000147. The molecular weight excluding hydrogens is 312 g/mol. The highest BCUT2D eigenvalue weighted by atomic mass is 32.1. The lowest BCUT2D eigenvalue weighted by Crippen LogP contribution is -1.80. The molecule has 0 fully saturated rings. The van der Waals surface area contributed by atoms with Crippen LogP contribution in [0.1, 0.15) is 0 Å². The van der Waals surface area contributed by atoms with Crippen LogP contribution in [-0.4, -0.2) is 45.3 Å². The minimum Gasteiger partial charge on any atom is -0.412 e. The van der Waals surface area contributed by atoms with Crippen molar-refractivity contribution in [3.8, 4) is 0 Å². The molecule has 6 N–H and O–H groups in total. The van der Waals surface area contributed by atoms with Crippen LogP contribution in [-0.2, 0) is 0 Å². The molecule has 4 rings (SSSR count). The fraction of sp³-hybridized carbons (Fsp3) is 0. The van der Waals surface area contributed by atoms with Crippen molar-refractivity contribution in [2.75, 3.05) is 0 Å². The Hall–Kier alpha value is -2.50. The number of rotatable bonds is 0. The Bertz CT molecular complexity index is 888. The second-order valence-corrected chi connectivity index (χ2v) is 4.44. The number of nitrogens with one attached hydrogen (secondary N) is 4. The Labute approximate surface area is 127 Å². The van der Waals surface area contributed by atoms with Crippen LogP contribution >= 0.6 is 24.4 Å². The summed E-state index contributed by atoms with van der Waals surface area (Å²) >= 11 is 9.81. The normalized spacial score (nSPS) is 9.90. The van der Waals surface area contributed by atoms with Gasteiger partial charge in [0.15, 0.2) is 20.6 Å². The van der Waals surface area contributed by atoms with Crippen LogP contribution in [0.4, 0.5) is 0 Å². The predicted octanol–water partition coefficient (Wildman–Crippen LogP) is 1.21. The molecule has 0 spiro atoms. The molecule has 4 aromatic heterocycles. The molecule has 108 valence electrons. The van der Waals surface area contributed by atoms with E-state index in [-0.39, 0.29) is 5.48 Å². The molecule has 0 aromatic carbocycles. The number of aromatic nitrogens is 8. The average Bonchev–Trinajstić information content (AvgIpc) is 3.08. The molecule has 4 heterocycles. The minimum atomic E-state index is 0. The highest BCUT2D eigenvalue weighted by molar-refractivity contribution is 7.71. The summed E-state index contributed by atoms with van der Waals surface area (Å²) in [6, 6.07) is 0. The van der Waals surface area contributed by atoms with Gasteiger partial charge in [-0.05, 0) is 0 Å². The van der Waals surface area contributed by atoms with Crippen molar-refractivity contribution in [1.29, 1.82) is 0 Å². The van der Waals surface area contributed by atoms with Crippen molar-refractivity contribution in [2.45, 2.75) is 0 Å². The van der Waals surface area contributed by atoms with E-state index in [4.69, 9.17) is 24.4 Å². The van der Waals surface area contributed by atoms with Crippen molar-refractivity contribution in [3.05, 3.63) is 34.6 Å². The lowest BCUT2D eigenvalue weighted by molar-refractivity contribution is 0.824. The molecule has 0 bridgehead atoms. The maximum atomic E-state index is 4.91. The van der Waals surface area contributed by atoms with Crippen LogP contribution in [0, 0.1) is 9.28 Å².